The van der Waals surface area contributed by atoms with Gasteiger partial charge in [-0.2, -0.15) is 0 Å². The summed E-state index contributed by atoms with van der Waals surface area (Å²) in [4.78, 5) is 10.2. The molecular formula is C67H130O10. The zero-order valence-corrected chi connectivity index (χ0v) is 52.9. The topological polar surface area (TPSA) is 100 Å². The van der Waals surface area contributed by atoms with E-state index in [2.05, 4.69) is 92.5 Å². The van der Waals surface area contributed by atoms with Crippen molar-refractivity contribution in [3.8, 4) is 30.4 Å². The van der Waals surface area contributed by atoms with E-state index in [4.69, 9.17) is 55.5 Å². The fourth-order valence-corrected chi connectivity index (χ4v) is 3.13. The molecule has 0 radical (unpaired) electrons. The van der Waals surface area contributed by atoms with Crippen LogP contribution in [-0.2, 0) is 53.9 Å². The van der Waals surface area contributed by atoms with Crippen LogP contribution in [0.4, 0.5) is 0 Å². The van der Waals surface area contributed by atoms with Gasteiger partial charge >= 0.3 is 5.97 Å². The minimum atomic E-state index is -0.389. The first-order valence-electron chi connectivity index (χ1n) is 24.7. The van der Waals surface area contributed by atoms with Crippen molar-refractivity contribution in [3.63, 3.8) is 0 Å². The van der Waals surface area contributed by atoms with Crippen LogP contribution < -0.4 is 4.74 Å². The van der Waals surface area contributed by atoms with Gasteiger partial charge < -0.3 is 42.6 Å². The summed E-state index contributed by atoms with van der Waals surface area (Å²) >= 11 is 0. The molecule has 10 heteroatoms. The predicted molar refractivity (Wildman–Crippen MR) is 341 cm³/mol. The quantitative estimate of drug-likeness (QED) is 0.116. The standard InChI is InChI=1S/C11H16O2.C10H14O.C7H14O.C6H12O2.C6H12O.2C6H10O.C6H14.C5H12O.4CH4/c1-11(2,13-4)9-5-7-10(12-3)8-6-9;1-10(2,11-3)9-7-5-4-6-8-9;1-5-7(2,3)6-8-4;1-5(7)8-6(2,3)4;3*1-5-6(2,3)7-4;1-5-6(2,3)4;1-5(2,3)6-4;;;;/h5-8H,1-4H3;4-8H,1-3H3;5H,1,6H2,2-4H3;1-4H3;5H,1H2,2-4H3;2*1H,2-4H3;5H2,1-4H3;1-4H3;4*1H4. The van der Waals surface area contributed by atoms with E-state index in [-0.39, 0.29) is 80.3 Å². The molecule has 2 rings (SSSR count). The Morgan fingerprint density at radius 3 is 0.961 bits per heavy atom. The number of esters is 1. The maximum absolute atomic E-state index is 10.2. The van der Waals surface area contributed by atoms with Crippen LogP contribution in [-0.4, -0.2) is 97.5 Å². The molecule has 0 saturated carbocycles. The van der Waals surface area contributed by atoms with Crippen molar-refractivity contribution in [2.24, 2.45) is 10.8 Å². The summed E-state index contributed by atoms with van der Waals surface area (Å²) in [6, 6.07) is 18.1. The second-order valence-electron chi connectivity index (χ2n) is 22.8. The number of benzene rings is 2. The lowest BCUT2D eigenvalue weighted by molar-refractivity contribution is -0.151. The van der Waals surface area contributed by atoms with Gasteiger partial charge in [-0.1, -0.05) is 144 Å². The molecule has 0 unspecified atom stereocenters. The van der Waals surface area contributed by atoms with E-state index in [9.17, 15) is 4.79 Å². The lowest BCUT2D eigenvalue weighted by Gasteiger charge is -2.23. The number of carbonyl (C=O) groups is 1. The molecule has 77 heavy (non-hydrogen) atoms. The molecule has 2 aromatic rings. The van der Waals surface area contributed by atoms with Crippen molar-refractivity contribution in [1.82, 2.24) is 0 Å². The third kappa shape index (κ3) is 72.0. The first-order chi connectivity index (χ1) is 32.8. The van der Waals surface area contributed by atoms with Crippen LogP contribution in [0.5, 0.6) is 5.75 Å². The Morgan fingerprint density at radius 2 is 0.831 bits per heavy atom. The summed E-state index contributed by atoms with van der Waals surface area (Å²) in [7, 11) is 13.4. The third-order valence-electron chi connectivity index (χ3n) is 10.2. The van der Waals surface area contributed by atoms with Crippen LogP contribution >= 0.6 is 0 Å². The van der Waals surface area contributed by atoms with Gasteiger partial charge in [0.2, 0.25) is 0 Å². The Bertz CT molecular complexity index is 1680. The van der Waals surface area contributed by atoms with E-state index >= 15 is 0 Å². The minimum absolute atomic E-state index is 0. The van der Waals surface area contributed by atoms with Crippen molar-refractivity contribution in [2.75, 3.05) is 63.5 Å². The van der Waals surface area contributed by atoms with Crippen molar-refractivity contribution < 1.29 is 47.4 Å². The van der Waals surface area contributed by atoms with Gasteiger partial charge in [0.25, 0.3) is 0 Å². The number of rotatable bonds is 12. The van der Waals surface area contributed by atoms with E-state index in [1.54, 1.807) is 63.0 Å². The lowest BCUT2D eigenvalue weighted by atomic mass is 9.94. The van der Waals surface area contributed by atoms with E-state index < -0.39 is 0 Å². The summed E-state index contributed by atoms with van der Waals surface area (Å²) in [5, 5.41) is 0. The minimum Gasteiger partial charge on any atom is -0.497 e. The number of terminal acetylenes is 2. The van der Waals surface area contributed by atoms with Gasteiger partial charge in [0.05, 0.1) is 36.1 Å². The van der Waals surface area contributed by atoms with Crippen LogP contribution in [0, 0.1) is 35.5 Å². The molecule has 0 N–H and O–H groups in total. The Kier molecular flexibility index (Phi) is 62.8. The van der Waals surface area contributed by atoms with E-state index in [1.807, 2.05) is 145 Å². The largest absolute Gasteiger partial charge is 0.497 e. The van der Waals surface area contributed by atoms with Crippen molar-refractivity contribution in [2.45, 2.75) is 235 Å². The maximum atomic E-state index is 10.2. The van der Waals surface area contributed by atoms with Gasteiger partial charge in [-0.3, -0.25) is 4.79 Å². The summed E-state index contributed by atoms with van der Waals surface area (Å²) in [5.74, 6) is 5.58. The molecule has 458 valence electrons. The second kappa shape index (κ2) is 49.1. The Balaban J connectivity index is -0.0000000712. The number of carbonyl (C=O) groups excluding carboxylic acids is 1. The fraction of sp³-hybridized carbons (Fsp3) is 0.687. The average Bonchev–Trinajstić information content (AvgIpc) is 3.32. The van der Waals surface area contributed by atoms with E-state index in [1.165, 1.54) is 18.9 Å². The molecule has 0 aromatic heterocycles. The smallest absolute Gasteiger partial charge is 0.303 e. The Morgan fingerprint density at radius 1 is 0.506 bits per heavy atom. The third-order valence-corrected chi connectivity index (χ3v) is 10.2. The van der Waals surface area contributed by atoms with Crippen LogP contribution in [0.1, 0.15) is 207 Å². The summed E-state index contributed by atoms with van der Waals surface area (Å²) in [6.45, 7) is 53.6. The number of methoxy groups -OCH3 is 8. The van der Waals surface area contributed by atoms with Gasteiger partial charge in [-0.15, -0.1) is 26.0 Å². The molecule has 0 fully saturated rings. The molecule has 0 saturated heterocycles. The van der Waals surface area contributed by atoms with Crippen molar-refractivity contribution >= 4 is 5.97 Å². The molecule has 0 aliphatic heterocycles. The lowest BCUT2D eigenvalue weighted by Crippen LogP contribution is -2.21. The highest BCUT2D eigenvalue weighted by Crippen LogP contribution is 2.26. The van der Waals surface area contributed by atoms with Crippen molar-refractivity contribution in [3.05, 3.63) is 91.0 Å². The van der Waals surface area contributed by atoms with Crippen LogP contribution in [0.25, 0.3) is 0 Å². The highest BCUT2D eigenvalue weighted by Gasteiger charge is 2.19. The molecule has 0 aliphatic rings. The number of ether oxygens (including phenoxy) is 9. The highest BCUT2D eigenvalue weighted by molar-refractivity contribution is 5.66. The maximum Gasteiger partial charge on any atom is 0.303 e. The molecular weight excluding hydrogens is 965 g/mol. The summed E-state index contributed by atoms with van der Waals surface area (Å²) < 4.78 is 45.1. The van der Waals surface area contributed by atoms with Gasteiger partial charge in [0.15, 0.2) is 0 Å². The number of hydrogen-bond acceptors (Lipinski definition) is 10. The zero-order chi connectivity index (χ0) is 59.8. The Hall–Kier alpha value is -3.97. The van der Waals surface area contributed by atoms with E-state index in [0.717, 1.165) is 17.9 Å². The predicted octanol–water partition coefficient (Wildman–Crippen LogP) is 18.4. The zero-order valence-electron chi connectivity index (χ0n) is 52.9. The average molecular weight is 1100 g/mol. The molecule has 2 aromatic carbocycles. The second-order valence-corrected chi connectivity index (χ2v) is 22.8. The van der Waals surface area contributed by atoms with Gasteiger partial charge in [-0.25, -0.2) is 0 Å². The molecule has 0 amide bonds. The van der Waals surface area contributed by atoms with Crippen LogP contribution in [0.3, 0.4) is 0 Å². The summed E-state index contributed by atoms with van der Waals surface area (Å²) in [5.41, 5.74) is 1.42. The first-order valence-corrected chi connectivity index (χ1v) is 24.7. The molecule has 0 atom stereocenters. The molecule has 0 heterocycles. The van der Waals surface area contributed by atoms with Gasteiger partial charge in [0.1, 0.15) is 22.6 Å². The molecule has 10 nitrogen and oxygen atoms in total. The molecule has 0 spiro atoms. The van der Waals surface area contributed by atoms with Gasteiger partial charge in [-0.05, 0) is 139 Å². The van der Waals surface area contributed by atoms with Crippen LogP contribution in [0.15, 0.2) is 79.9 Å². The first kappa shape index (κ1) is 98.5. The summed E-state index contributed by atoms with van der Waals surface area (Å²) in [6.07, 6.45) is 15.0. The molecule has 0 aliphatic carbocycles. The number of hydrogen-bond donors (Lipinski definition) is 0. The van der Waals surface area contributed by atoms with Crippen molar-refractivity contribution in [1.29, 1.82) is 0 Å². The van der Waals surface area contributed by atoms with Crippen LogP contribution in [0.2, 0.25) is 0 Å². The fourth-order valence-electron chi connectivity index (χ4n) is 3.13. The SMILES string of the molecule is C.C.C.C.C#CC(C)(C)OC.C#CC(C)(C)OC.C=CC(C)(C)COC.C=CC(C)(C)OC.CC(=O)OC(C)(C)C.CCC(C)(C)C.COC(C)(C)C.COC(C)(C)c1ccccc1.COc1ccc(C(C)(C)OC)cc1. The van der Waals surface area contributed by atoms with E-state index in [0.29, 0.717) is 5.41 Å². The highest BCUT2D eigenvalue weighted by atomic mass is 16.6. The Labute approximate surface area is 481 Å². The normalized spacial score (nSPS) is 10.7. The van der Waals surface area contributed by atoms with Gasteiger partial charge in [0, 0.05) is 62.1 Å². The monoisotopic (exact) mass is 1090 g/mol. The molecule has 0 bridgehead atoms.